The van der Waals surface area contributed by atoms with Gasteiger partial charge in [0.25, 0.3) is 5.69 Å². The van der Waals surface area contributed by atoms with Gasteiger partial charge in [-0.1, -0.05) is 42.5 Å². The van der Waals surface area contributed by atoms with Gasteiger partial charge in [0.1, 0.15) is 12.4 Å². The average Bonchev–Trinajstić information content (AvgIpc) is 2.79. The van der Waals surface area contributed by atoms with E-state index in [9.17, 15) is 14.9 Å². The summed E-state index contributed by atoms with van der Waals surface area (Å²) in [5.74, 6) is 1.36. The first kappa shape index (κ1) is 22.0. The van der Waals surface area contributed by atoms with Crippen molar-refractivity contribution in [3.63, 3.8) is 0 Å². The van der Waals surface area contributed by atoms with Crippen LogP contribution in [0.1, 0.15) is 16.7 Å². The summed E-state index contributed by atoms with van der Waals surface area (Å²) in [7, 11) is 0. The number of nitro groups is 1. The standard InChI is InChI=1S/C23H21N3O4S/c27-23(17-31-16-20-6-10-21(11-7-20)26(28)29)25-24-14-18-8-12-22(13-9-18)30-15-19-4-2-1-3-5-19/h1-14H,15-17H2,(H,25,27)/b24-14-. The average molecular weight is 436 g/mol. The lowest BCUT2D eigenvalue weighted by molar-refractivity contribution is -0.384. The van der Waals surface area contributed by atoms with Crippen LogP contribution in [0.15, 0.2) is 84.0 Å². The molecule has 0 aliphatic rings. The van der Waals surface area contributed by atoms with E-state index in [-0.39, 0.29) is 17.3 Å². The van der Waals surface area contributed by atoms with Gasteiger partial charge in [-0.05, 0) is 41.0 Å². The Morgan fingerprint density at radius 1 is 1.00 bits per heavy atom. The molecule has 31 heavy (non-hydrogen) atoms. The summed E-state index contributed by atoms with van der Waals surface area (Å²) in [5, 5.41) is 14.6. The summed E-state index contributed by atoms with van der Waals surface area (Å²) >= 11 is 1.41. The highest BCUT2D eigenvalue weighted by molar-refractivity contribution is 7.99. The molecule has 158 valence electrons. The minimum Gasteiger partial charge on any atom is -0.489 e. The van der Waals surface area contributed by atoms with Gasteiger partial charge in [0.2, 0.25) is 5.91 Å². The number of carbonyl (C=O) groups is 1. The monoisotopic (exact) mass is 435 g/mol. The third-order valence-corrected chi connectivity index (χ3v) is 5.18. The largest absolute Gasteiger partial charge is 0.489 e. The molecule has 0 bridgehead atoms. The van der Waals surface area contributed by atoms with E-state index < -0.39 is 4.92 Å². The second-order valence-corrected chi connectivity index (χ2v) is 7.54. The molecule has 0 saturated heterocycles. The minimum atomic E-state index is -0.437. The normalized spacial score (nSPS) is 10.7. The molecule has 1 N–H and O–H groups in total. The van der Waals surface area contributed by atoms with Crippen LogP contribution in [0.4, 0.5) is 5.69 Å². The van der Waals surface area contributed by atoms with Crippen molar-refractivity contribution < 1.29 is 14.5 Å². The molecule has 3 rings (SSSR count). The van der Waals surface area contributed by atoms with Gasteiger partial charge < -0.3 is 4.74 Å². The van der Waals surface area contributed by atoms with E-state index in [1.165, 1.54) is 23.9 Å². The van der Waals surface area contributed by atoms with E-state index in [2.05, 4.69) is 10.5 Å². The van der Waals surface area contributed by atoms with Crippen molar-refractivity contribution in [1.82, 2.24) is 5.43 Å². The van der Waals surface area contributed by atoms with Gasteiger partial charge >= 0.3 is 0 Å². The predicted molar refractivity (Wildman–Crippen MR) is 122 cm³/mol. The van der Waals surface area contributed by atoms with E-state index >= 15 is 0 Å². The van der Waals surface area contributed by atoms with Crippen molar-refractivity contribution in [1.29, 1.82) is 0 Å². The number of nitrogens with one attached hydrogen (secondary N) is 1. The fraction of sp³-hybridized carbons (Fsp3) is 0.130. The summed E-state index contributed by atoms with van der Waals surface area (Å²) in [6, 6.07) is 23.6. The number of rotatable bonds is 10. The maximum atomic E-state index is 11.9. The first-order valence-corrected chi connectivity index (χ1v) is 10.7. The molecule has 0 unspecified atom stereocenters. The Kier molecular flexibility index (Phi) is 8.19. The van der Waals surface area contributed by atoms with Gasteiger partial charge in [0, 0.05) is 17.9 Å². The molecule has 0 aliphatic carbocycles. The van der Waals surface area contributed by atoms with Crippen molar-refractivity contribution in [3.8, 4) is 5.75 Å². The van der Waals surface area contributed by atoms with Crippen LogP contribution in [-0.2, 0) is 17.2 Å². The number of nitro benzene ring substituents is 1. The molecule has 0 aliphatic heterocycles. The van der Waals surface area contributed by atoms with Gasteiger partial charge in [-0.3, -0.25) is 14.9 Å². The summed E-state index contributed by atoms with van der Waals surface area (Å²) in [5.41, 5.74) is 5.40. The van der Waals surface area contributed by atoms with Crippen molar-refractivity contribution >= 4 is 29.6 Å². The van der Waals surface area contributed by atoms with Crippen molar-refractivity contribution in [2.75, 3.05) is 5.75 Å². The topological polar surface area (TPSA) is 93.8 Å². The van der Waals surface area contributed by atoms with Gasteiger partial charge in [-0.2, -0.15) is 5.10 Å². The Bertz CT molecular complexity index is 1020. The number of amides is 1. The highest BCUT2D eigenvalue weighted by atomic mass is 32.2. The van der Waals surface area contributed by atoms with Crippen molar-refractivity contribution in [2.24, 2.45) is 5.10 Å². The number of nitrogens with zero attached hydrogens (tertiary/aromatic N) is 2. The zero-order valence-electron chi connectivity index (χ0n) is 16.6. The number of non-ortho nitro benzene ring substituents is 1. The minimum absolute atomic E-state index is 0.0524. The van der Waals surface area contributed by atoms with Gasteiger partial charge in [0.15, 0.2) is 0 Å². The number of ether oxygens (including phenoxy) is 1. The molecule has 1 amide bonds. The number of hydrogen-bond donors (Lipinski definition) is 1. The van der Waals surface area contributed by atoms with Crippen LogP contribution in [0, 0.1) is 10.1 Å². The molecule has 0 aromatic heterocycles. The highest BCUT2D eigenvalue weighted by Crippen LogP contribution is 2.17. The lowest BCUT2D eigenvalue weighted by Gasteiger charge is -2.06. The first-order valence-electron chi connectivity index (χ1n) is 9.50. The van der Waals surface area contributed by atoms with Crippen LogP contribution < -0.4 is 10.2 Å². The van der Waals surface area contributed by atoms with E-state index in [0.717, 1.165) is 22.4 Å². The zero-order valence-corrected chi connectivity index (χ0v) is 17.5. The molecule has 0 fully saturated rings. The third kappa shape index (κ3) is 7.60. The first-order chi connectivity index (χ1) is 15.1. The van der Waals surface area contributed by atoms with Gasteiger partial charge in [-0.25, -0.2) is 5.43 Å². The Morgan fingerprint density at radius 2 is 1.71 bits per heavy atom. The van der Waals surface area contributed by atoms with E-state index in [1.807, 2.05) is 54.6 Å². The molecule has 0 radical (unpaired) electrons. The Balaban J connectivity index is 1.36. The summed E-state index contributed by atoms with van der Waals surface area (Å²) < 4.78 is 5.74. The summed E-state index contributed by atoms with van der Waals surface area (Å²) in [6.07, 6.45) is 1.57. The fourth-order valence-electron chi connectivity index (χ4n) is 2.58. The number of hydrogen-bond acceptors (Lipinski definition) is 6. The SMILES string of the molecule is O=C(CSCc1ccc([N+](=O)[O-])cc1)N/N=C\c1ccc(OCc2ccccc2)cc1. The third-order valence-electron chi connectivity index (χ3n) is 4.18. The number of carbonyl (C=O) groups excluding carboxylic acids is 1. The lowest BCUT2D eigenvalue weighted by atomic mass is 10.2. The van der Waals surface area contributed by atoms with Crippen LogP contribution >= 0.6 is 11.8 Å². The molecule has 3 aromatic rings. The van der Waals surface area contributed by atoms with Crippen molar-refractivity contribution in [2.45, 2.75) is 12.4 Å². The Hall–Kier alpha value is -3.65. The predicted octanol–water partition coefficient (Wildman–Crippen LogP) is 4.56. The molecule has 0 heterocycles. The molecule has 7 nitrogen and oxygen atoms in total. The molecule has 8 heteroatoms. The van der Waals surface area contributed by atoms with E-state index in [4.69, 9.17) is 4.74 Å². The maximum Gasteiger partial charge on any atom is 0.269 e. The summed E-state index contributed by atoms with van der Waals surface area (Å²) in [6.45, 7) is 0.502. The Labute approximate surface area is 184 Å². The molecule has 3 aromatic carbocycles. The lowest BCUT2D eigenvalue weighted by Crippen LogP contribution is -2.19. The van der Waals surface area contributed by atoms with Crippen LogP contribution in [-0.4, -0.2) is 22.8 Å². The van der Waals surface area contributed by atoms with Crippen LogP contribution in [0.5, 0.6) is 5.75 Å². The number of hydrazone groups is 1. The van der Waals surface area contributed by atoms with Gasteiger partial charge in [-0.15, -0.1) is 11.8 Å². The smallest absolute Gasteiger partial charge is 0.269 e. The molecular formula is C23H21N3O4S. The Morgan fingerprint density at radius 3 is 2.39 bits per heavy atom. The highest BCUT2D eigenvalue weighted by Gasteiger charge is 2.05. The fourth-order valence-corrected chi connectivity index (χ4v) is 3.36. The van der Waals surface area contributed by atoms with E-state index in [1.54, 1.807) is 18.3 Å². The van der Waals surface area contributed by atoms with E-state index in [0.29, 0.717) is 12.4 Å². The number of thioether (sulfide) groups is 1. The van der Waals surface area contributed by atoms with Crippen LogP contribution in [0.2, 0.25) is 0 Å². The molecule has 0 atom stereocenters. The quantitative estimate of drug-likeness (QED) is 0.286. The zero-order chi connectivity index (χ0) is 21.9. The van der Waals surface area contributed by atoms with Crippen LogP contribution in [0.3, 0.4) is 0 Å². The molecular weight excluding hydrogens is 414 g/mol. The van der Waals surface area contributed by atoms with Crippen molar-refractivity contribution in [3.05, 3.63) is 106 Å². The molecule has 0 saturated carbocycles. The summed E-state index contributed by atoms with van der Waals surface area (Å²) in [4.78, 5) is 22.1. The number of benzene rings is 3. The van der Waals surface area contributed by atoms with Crippen LogP contribution in [0.25, 0.3) is 0 Å². The maximum absolute atomic E-state index is 11.9. The second kappa shape index (κ2) is 11.5. The second-order valence-electron chi connectivity index (χ2n) is 6.55. The molecule has 0 spiro atoms. The van der Waals surface area contributed by atoms with Gasteiger partial charge in [0.05, 0.1) is 16.9 Å².